The molecule has 98 heavy (non-hydrogen) atoms. The minimum Gasteiger partial charge on any atom is -0.481 e. The van der Waals surface area contributed by atoms with E-state index in [-0.39, 0.29) is 53.2 Å². The quantitative estimate of drug-likeness (QED) is 0.0144. The van der Waals surface area contributed by atoms with E-state index in [1.165, 1.54) is 71.1 Å². The number of aliphatic carboxylic acids is 1. The van der Waals surface area contributed by atoms with Crippen molar-refractivity contribution in [3.63, 3.8) is 0 Å². The summed E-state index contributed by atoms with van der Waals surface area (Å²) in [5.41, 5.74) is 7.97. The van der Waals surface area contributed by atoms with Gasteiger partial charge in [0.15, 0.2) is 0 Å². The number of nitrogens with zero attached hydrogens (tertiary/aromatic N) is 2. The Morgan fingerprint density at radius 3 is 1.01 bits per heavy atom. The number of unbranched alkanes of at least 4 members (excludes halogenated alkanes) is 3. The minimum atomic E-state index is -0.971. The Morgan fingerprint density at radius 1 is 0.388 bits per heavy atom. The smallest absolute Gasteiger partial charge is 0.337 e. The summed E-state index contributed by atoms with van der Waals surface area (Å²) < 4.78 is 33.3. The highest BCUT2D eigenvalue weighted by atomic mass is 79.9. The molecule has 6 rings (SSSR count). The highest BCUT2D eigenvalue weighted by molar-refractivity contribution is 9.09. The molecule has 0 atom stereocenters. The van der Waals surface area contributed by atoms with Gasteiger partial charge in [-0.1, -0.05) is 143 Å². The molecule has 0 heterocycles. The van der Waals surface area contributed by atoms with Gasteiger partial charge < -0.3 is 48.7 Å². The summed E-state index contributed by atoms with van der Waals surface area (Å²) in [4.78, 5) is 102. The monoisotopic (exact) mass is 1420 g/mol. The van der Waals surface area contributed by atoms with E-state index in [1.807, 2.05) is 125 Å². The number of carbonyl (C=O) groups excluding carboxylic acids is 7. The average Bonchev–Trinajstić information content (AvgIpc) is 0.938. The number of esters is 4. The number of hydrogen-bond donors (Lipinski definition) is 3. The van der Waals surface area contributed by atoms with Gasteiger partial charge in [-0.15, -0.1) is 0 Å². The first-order valence-electron chi connectivity index (χ1n) is 31.9. The van der Waals surface area contributed by atoms with E-state index >= 15 is 0 Å². The van der Waals surface area contributed by atoms with Crippen LogP contribution in [0.3, 0.4) is 0 Å². The molecule has 0 unspecified atom stereocenters. The van der Waals surface area contributed by atoms with Crippen LogP contribution >= 0.6 is 15.9 Å². The van der Waals surface area contributed by atoms with E-state index in [4.69, 9.17) is 24.4 Å². The number of halogens is 1. The van der Waals surface area contributed by atoms with Gasteiger partial charge in [0.05, 0.1) is 83.4 Å². The lowest BCUT2D eigenvalue weighted by Gasteiger charge is -2.21. The normalized spacial score (nSPS) is 10.0. The topological polar surface area (TPSA) is 277 Å². The predicted molar refractivity (Wildman–Crippen MR) is 382 cm³/mol. The number of ketones is 3. The maximum Gasteiger partial charge on any atom is 0.337 e. The third-order valence-corrected chi connectivity index (χ3v) is 14.1. The van der Waals surface area contributed by atoms with Crippen LogP contribution in [0.1, 0.15) is 143 Å². The number of carbonyl (C=O) groups is 9. The molecule has 0 bridgehead atoms. The second-order valence-corrected chi connectivity index (χ2v) is 22.5. The summed E-state index contributed by atoms with van der Waals surface area (Å²) in [5.74, 6) is -2.56. The molecule has 0 fully saturated rings. The molecule has 3 N–H and O–H groups in total. The van der Waals surface area contributed by atoms with E-state index in [0.717, 1.165) is 62.0 Å². The molecule has 0 saturated carbocycles. The zero-order chi connectivity index (χ0) is 73.1. The van der Waals surface area contributed by atoms with Crippen molar-refractivity contribution in [1.29, 1.82) is 0 Å². The average molecular weight is 1430 g/mol. The number of aromatic carboxylic acids is 1. The summed E-state index contributed by atoms with van der Waals surface area (Å²) in [7, 11) is 10.6. The number of carboxylic acid groups (broad SMARTS) is 2. The number of alkyl halides is 1. The van der Waals surface area contributed by atoms with Crippen LogP contribution in [0.25, 0.3) is 0 Å². The highest BCUT2D eigenvalue weighted by Crippen LogP contribution is 2.13. The molecule has 6 aromatic rings. The molecule has 536 valence electrons. The van der Waals surface area contributed by atoms with Crippen molar-refractivity contribution < 1.29 is 86.5 Å². The van der Waals surface area contributed by atoms with Crippen molar-refractivity contribution in [2.75, 3.05) is 87.8 Å². The highest BCUT2D eigenvalue weighted by Gasteiger charge is 2.13. The zero-order valence-corrected chi connectivity index (χ0v) is 60.2. The van der Waals surface area contributed by atoms with Crippen LogP contribution in [0.5, 0.6) is 0 Å². The summed E-state index contributed by atoms with van der Waals surface area (Å²) in [6, 6.07) is 51.3. The molecule has 0 aromatic heterocycles. The Bertz CT molecular complexity index is 3020. The largest absolute Gasteiger partial charge is 0.481 e. The van der Waals surface area contributed by atoms with Crippen molar-refractivity contribution in [2.24, 2.45) is 0 Å². The fourth-order valence-corrected chi connectivity index (χ4v) is 8.46. The Hall–Kier alpha value is -8.61. The number of carboxylic acids is 2. The minimum absolute atomic E-state index is 0.0420. The summed E-state index contributed by atoms with van der Waals surface area (Å²) in [5, 5.41) is 21.2. The molecule has 21 nitrogen and oxygen atoms in total. The lowest BCUT2D eigenvalue weighted by atomic mass is 10.1. The van der Waals surface area contributed by atoms with Crippen LogP contribution in [0.4, 0.5) is 0 Å². The van der Waals surface area contributed by atoms with Gasteiger partial charge in [-0.25, -0.2) is 14.4 Å². The number of rotatable bonds is 35. The number of methoxy groups -OCH3 is 7. The van der Waals surface area contributed by atoms with Crippen molar-refractivity contribution >= 4 is 69.1 Å². The van der Waals surface area contributed by atoms with Gasteiger partial charge >= 0.3 is 35.8 Å². The maximum atomic E-state index is 11.4. The van der Waals surface area contributed by atoms with Gasteiger partial charge in [-0.3, -0.25) is 38.6 Å². The lowest BCUT2D eigenvalue weighted by Crippen LogP contribution is -2.29. The number of Topliss-reactive ketones (excluding diaryl/α,β-unsaturated/α-hetero) is 3. The second-order valence-electron chi connectivity index (χ2n) is 21.9. The fraction of sp³-hybridized carbons (Fsp3) is 0.408. The van der Waals surface area contributed by atoms with Crippen molar-refractivity contribution in [2.45, 2.75) is 118 Å². The van der Waals surface area contributed by atoms with Crippen LogP contribution in [-0.4, -0.2) is 161 Å². The van der Waals surface area contributed by atoms with Gasteiger partial charge in [0, 0.05) is 60.2 Å². The number of benzene rings is 6. The zero-order valence-electron chi connectivity index (χ0n) is 58.6. The number of nitrogens with one attached hydrogen (secondary N) is 1. The summed E-state index contributed by atoms with van der Waals surface area (Å²) >= 11 is 2.96. The van der Waals surface area contributed by atoms with E-state index in [0.29, 0.717) is 94.7 Å². The van der Waals surface area contributed by atoms with E-state index in [9.17, 15) is 43.2 Å². The van der Waals surface area contributed by atoms with E-state index < -0.39 is 11.9 Å². The predicted octanol–water partition coefficient (Wildman–Crippen LogP) is 12.6. The molecule has 22 heteroatoms. The molecule has 0 aliphatic heterocycles. The van der Waals surface area contributed by atoms with Gasteiger partial charge in [0.2, 0.25) is 0 Å². The molecule has 0 radical (unpaired) electrons. The van der Waals surface area contributed by atoms with E-state index in [1.54, 1.807) is 64.7 Å². The lowest BCUT2D eigenvalue weighted by molar-refractivity contribution is -0.141. The molecule has 0 aliphatic carbocycles. The molecule has 0 aliphatic rings. The third kappa shape index (κ3) is 49.0. The van der Waals surface area contributed by atoms with Gasteiger partial charge in [-0.2, -0.15) is 0 Å². The van der Waals surface area contributed by atoms with Crippen LogP contribution in [0.15, 0.2) is 164 Å². The van der Waals surface area contributed by atoms with Gasteiger partial charge in [0.25, 0.3) is 0 Å². The summed E-state index contributed by atoms with van der Waals surface area (Å²) in [6.07, 6.45) is 5.53. The molecule has 6 aromatic carbocycles. The number of ether oxygens (including phenoxy) is 7. The Labute approximate surface area is 587 Å². The van der Waals surface area contributed by atoms with Crippen LogP contribution < -0.4 is 5.32 Å². The molecular weight excluding hydrogens is 1320 g/mol. The van der Waals surface area contributed by atoms with Crippen LogP contribution in [-0.2, 0) is 101 Å². The fourth-order valence-electron chi connectivity index (χ4n) is 8.46. The third-order valence-electron chi connectivity index (χ3n) is 13.3. The number of hydrogen-bond acceptors (Lipinski definition) is 19. The molecular formula is C76H102BrN3O18. The van der Waals surface area contributed by atoms with Crippen molar-refractivity contribution in [1.82, 2.24) is 15.1 Å². The van der Waals surface area contributed by atoms with Gasteiger partial charge in [-0.05, 0) is 149 Å². The Morgan fingerprint density at radius 2 is 0.714 bits per heavy atom. The Balaban J connectivity index is 0.00000118. The van der Waals surface area contributed by atoms with Crippen LogP contribution in [0.2, 0.25) is 0 Å². The second kappa shape index (κ2) is 58.5. The van der Waals surface area contributed by atoms with E-state index in [2.05, 4.69) is 40.2 Å². The van der Waals surface area contributed by atoms with Gasteiger partial charge in [0.1, 0.15) is 17.3 Å². The first kappa shape index (κ1) is 89.4. The molecule has 0 saturated heterocycles. The van der Waals surface area contributed by atoms with Crippen molar-refractivity contribution in [3.8, 4) is 0 Å². The standard InChI is InChI=1S/C18H25NO5.C16H21NO5.C15H21NO4.3C8H10O.C3H5BrO/c1-14(20)12-19(11-5-4-6-17(21)23-2)13-15-7-9-16(10-8-15)18(22)24-3;1-12(18)10-17(9-3-2-4-15(19)20)11-13-5-7-14(8-6-13)16(21)22;1-19-14(17)5-3-4-10-16-11-12-6-8-13(9-7-12)15(18)20-2;3*1-9-7-8-5-3-2-4-6-8;1-3(5)2-4/h7-10H,4-6,11-13H2,1-3H3;5-8H,2-4,9-11H2,1H3,(H,19,20)(H,21,22);6-9,16H,3-5,10-11H2,1-2H3;3*2-6H,7H2,1H3;2H2,1H3. The van der Waals surface area contributed by atoms with Crippen molar-refractivity contribution in [3.05, 3.63) is 214 Å². The first-order chi connectivity index (χ1) is 47.1. The molecule has 0 spiro atoms. The Kier molecular flexibility index (Phi) is 53.4. The SMILES string of the molecule is CC(=O)CBr.CC(=O)CN(CCCCC(=O)O)Cc1ccc(C(=O)O)cc1.COC(=O)CCCCN(CC(C)=O)Cc1ccc(C(=O)OC)cc1.COC(=O)CCCCNCc1ccc(C(=O)OC)cc1.COCc1ccccc1.COCc1ccccc1.COCc1ccccc1. The summed E-state index contributed by atoms with van der Waals surface area (Å²) in [6.45, 7) is 11.5. The maximum absolute atomic E-state index is 11.4. The van der Waals surface area contributed by atoms with Crippen LogP contribution in [0, 0.1) is 0 Å². The molecule has 0 amide bonds. The first-order valence-corrected chi connectivity index (χ1v) is 33.0.